The Morgan fingerprint density at radius 3 is 2.78 bits per heavy atom. The molecule has 2 aromatic heterocycles. The van der Waals surface area contributed by atoms with Crippen molar-refractivity contribution in [3.8, 4) is 10.8 Å². The van der Waals surface area contributed by atoms with E-state index in [0.717, 1.165) is 10.6 Å². The molecule has 18 heavy (non-hydrogen) atoms. The lowest BCUT2D eigenvalue weighted by Gasteiger charge is -2.14. The van der Waals surface area contributed by atoms with Crippen LogP contribution in [-0.4, -0.2) is 31.4 Å². The first-order valence-corrected chi connectivity index (χ1v) is 6.24. The smallest absolute Gasteiger partial charge is 0.271 e. The van der Waals surface area contributed by atoms with Crippen molar-refractivity contribution in [2.45, 2.75) is 32.2 Å². The van der Waals surface area contributed by atoms with Crippen molar-refractivity contribution in [2.24, 2.45) is 5.73 Å². The van der Waals surface area contributed by atoms with E-state index in [1.165, 1.54) is 11.5 Å². The Morgan fingerprint density at radius 1 is 1.44 bits per heavy atom. The lowest BCUT2D eigenvalue weighted by Crippen LogP contribution is -2.16. The van der Waals surface area contributed by atoms with Crippen molar-refractivity contribution >= 4 is 11.5 Å². The van der Waals surface area contributed by atoms with Gasteiger partial charge in [0, 0.05) is 5.41 Å². The lowest BCUT2D eigenvalue weighted by molar-refractivity contribution is 0.260. The van der Waals surface area contributed by atoms with E-state index in [4.69, 9.17) is 15.4 Å². The van der Waals surface area contributed by atoms with Crippen LogP contribution in [0.1, 0.15) is 38.3 Å². The third-order valence-electron chi connectivity index (χ3n) is 2.36. The molecule has 3 N–H and O–H groups in total. The minimum absolute atomic E-state index is 0.157. The molecule has 0 amide bonds. The van der Waals surface area contributed by atoms with Crippen LogP contribution in [-0.2, 0) is 5.41 Å². The molecule has 1 unspecified atom stereocenters. The fourth-order valence-electron chi connectivity index (χ4n) is 1.38. The van der Waals surface area contributed by atoms with E-state index in [2.05, 4.69) is 19.7 Å². The molecular weight excluding hydrogens is 254 g/mol. The van der Waals surface area contributed by atoms with Crippen molar-refractivity contribution < 1.29 is 9.63 Å². The van der Waals surface area contributed by atoms with E-state index >= 15 is 0 Å². The summed E-state index contributed by atoms with van der Waals surface area (Å²) in [7, 11) is 0. The fourth-order valence-corrected chi connectivity index (χ4v) is 2.18. The van der Waals surface area contributed by atoms with Gasteiger partial charge in [-0.3, -0.25) is 0 Å². The summed E-state index contributed by atoms with van der Waals surface area (Å²) >= 11 is 1.20. The van der Waals surface area contributed by atoms with Gasteiger partial charge >= 0.3 is 0 Å². The molecule has 0 aliphatic rings. The SMILES string of the molecule is CC(C)(C)c1nnsc1-c1nc(C(N)CO)no1. The maximum absolute atomic E-state index is 8.94. The average molecular weight is 269 g/mol. The molecule has 0 aliphatic heterocycles. The molecule has 0 fully saturated rings. The number of aliphatic hydroxyl groups is 1. The molecule has 8 heteroatoms. The standard InChI is InChI=1S/C10H15N5O2S/c1-10(2,3)7-6(18-15-13-7)9-12-8(14-17-9)5(11)4-16/h5,16H,4,11H2,1-3H3. The van der Waals surface area contributed by atoms with Gasteiger partial charge in [0.15, 0.2) is 5.82 Å². The van der Waals surface area contributed by atoms with Crippen LogP contribution in [0.5, 0.6) is 0 Å². The second-order valence-electron chi connectivity index (χ2n) is 4.95. The van der Waals surface area contributed by atoms with Gasteiger partial charge < -0.3 is 15.4 Å². The van der Waals surface area contributed by atoms with Gasteiger partial charge in [-0.05, 0) is 11.5 Å². The van der Waals surface area contributed by atoms with Crippen molar-refractivity contribution in [3.05, 3.63) is 11.5 Å². The Bertz CT molecular complexity index is 530. The van der Waals surface area contributed by atoms with E-state index in [9.17, 15) is 0 Å². The largest absolute Gasteiger partial charge is 0.394 e. The maximum atomic E-state index is 8.94. The van der Waals surface area contributed by atoms with E-state index in [1.807, 2.05) is 20.8 Å². The summed E-state index contributed by atoms with van der Waals surface area (Å²) in [4.78, 5) is 4.91. The summed E-state index contributed by atoms with van der Waals surface area (Å²) in [5.74, 6) is 0.620. The molecule has 0 aliphatic carbocycles. The third kappa shape index (κ3) is 2.40. The summed E-state index contributed by atoms with van der Waals surface area (Å²) in [5, 5.41) is 16.8. The molecule has 0 radical (unpaired) electrons. The topological polar surface area (TPSA) is 111 Å². The zero-order valence-electron chi connectivity index (χ0n) is 10.4. The number of nitrogens with zero attached hydrogens (tertiary/aromatic N) is 4. The molecule has 0 saturated carbocycles. The van der Waals surface area contributed by atoms with E-state index in [1.54, 1.807) is 0 Å². The highest BCUT2D eigenvalue weighted by Crippen LogP contribution is 2.33. The van der Waals surface area contributed by atoms with E-state index < -0.39 is 6.04 Å². The van der Waals surface area contributed by atoms with Gasteiger partial charge in [0.1, 0.15) is 4.88 Å². The maximum Gasteiger partial charge on any atom is 0.271 e. The second-order valence-corrected chi connectivity index (χ2v) is 5.70. The summed E-state index contributed by atoms with van der Waals surface area (Å²) < 4.78 is 9.07. The molecule has 0 aromatic carbocycles. The van der Waals surface area contributed by atoms with Gasteiger partial charge in [-0.1, -0.05) is 30.4 Å². The lowest BCUT2D eigenvalue weighted by atomic mass is 9.91. The third-order valence-corrected chi connectivity index (χ3v) is 3.08. The van der Waals surface area contributed by atoms with Gasteiger partial charge in [-0.15, -0.1) is 5.10 Å². The zero-order valence-corrected chi connectivity index (χ0v) is 11.2. The molecule has 7 nitrogen and oxygen atoms in total. The molecule has 2 aromatic rings. The van der Waals surface area contributed by atoms with E-state index in [0.29, 0.717) is 5.89 Å². The van der Waals surface area contributed by atoms with Crippen LogP contribution in [0, 0.1) is 0 Å². The van der Waals surface area contributed by atoms with Crippen molar-refractivity contribution in [1.29, 1.82) is 0 Å². The molecule has 2 heterocycles. The first kappa shape index (κ1) is 13.1. The van der Waals surface area contributed by atoms with Crippen LogP contribution >= 0.6 is 11.5 Å². The summed E-state index contributed by atoms with van der Waals surface area (Å²) in [5.41, 5.74) is 6.27. The molecule has 0 spiro atoms. The minimum atomic E-state index is -0.638. The van der Waals surface area contributed by atoms with Crippen molar-refractivity contribution in [2.75, 3.05) is 6.61 Å². The molecule has 2 rings (SSSR count). The summed E-state index contributed by atoms with van der Waals surface area (Å²) in [6, 6.07) is -0.638. The molecule has 0 saturated heterocycles. The quantitative estimate of drug-likeness (QED) is 0.850. The highest BCUT2D eigenvalue weighted by Gasteiger charge is 2.27. The predicted molar refractivity (Wildman–Crippen MR) is 65.9 cm³/mol. The Balaban J connectivity index is 2.38. The molecular formula is C10H15N5O2S. The Hall–Kier alpha value is -1.38. The Labute approximate surface area is 108 Å². The van der Waals surface area contributed by atoms with Crippen LogP contribution in [0.2, 0.25) is 0 Å². The van der Waals surface area contributed by atoms with Crippen LogP contribution in [0.25, 0.3) is 10.8 Å². The van der Waals surface area contributed by atoms with Gasteiger partial charge in [0.2, 0.25) is 0 Å². The van der Waals surface area contributed by atoms with Gasteiger partial charge in [0.25, 0.3) is 5.89 Å². The number of hydrogen-bond acceptors (Lipinski definition) is 8. The first-order chi connectivity index (χ1) is 8.43. The number of hydrogen-bond donors (Lipinski definition) is 2. The normalized spacial score (nSPS) is 13.8. The molecule has 1 atom stereocenters. The van der Waals surface area contributed by atoms with Crippen LogP contribution in [0.15, 0.2) is 4.52 Å². The minimum Gasteiger partial charge on any atom is -0.394 e. The van der Waals surface area contributed by atoms with Crippen LogP contribution in [0.4, 0.5) is 0 Å². The molecule has 0 bridgehead atoms. The van der Waals surface area contributed by atoms with Crippen LogP contribution in [0.3, 0.4) is 0 Å². The van der Waals surface area contributed by atoms with Gasteiger partial charge in [-0.2, -0.15) is 4.98 Å². The van der Waals surface area contributed by atoms with Crippen molar-refractivity contribution in [3.63, 3.8) is 0 Å². The highest BCUT2D eigenvalue weighted by atomic mass is 32.1. The first-order valence-electron chi connectivity index (χ1n) is 5.46. The van der Waals surface area contributed by atoms with Crippen LogP contribution < -0.4 is 5.73 Å². The number of aromatic nitrogens is 4. The van der Waals surface area contributed by atoms with E-state index in [-0.39, 0.29) is 17.8 Å². The Kier molecular flexibility index (Phi) is 3.42. The highest BCUT2D eigenvalue weighted by molar-refractivity contribution is 7.09. The monoisotopic (exact) mass is 269 g/mol. The number of aliphatic hydroxyl groups excluding tert-OH is 1. The van der Waals surface area contributed by atoms with Crippen molar-refractivity contribution in [1.82, 2.24) is 19.7 Å². The molecule has 98 valence electrons. The second kappa shape index (κ2) is 4.71. The number of nitrogens with two attached hydrogens (primary N) is 1. The summed E-state index contributed by atoms with van der Waals surface area (Å²) in [6.45, 7) is 5.87. The average Bonchev–Trinajstić information content (AvgIpc) is 2.94. The Morgan fingerprint density at radius 2 is 2.17 bits per heavy atom. The predicted octanol–water partition coefficient (Wildman–Crippen LogP) is 0.878. The number of rotatable bonds is 3. The zero-order chi connectivity index (χ0) is 13.3. The summed E-state index contributed by atoms with van der Waals surface area (Å²) in [6.07, 6.45) is 0. The van der Waals surface area contributed by atoms with Gasteiger partial charge in [0.05, 0.1) is 18.3 Å². The van der Waals surface area contributed by atoms with Gasteiger partial charge in [-0.25, -0.2) is 0 Å². The fraction of sp³-hybridized carbons (Fsp3) is 0.600.